The van der Waals surface area contributed by atoms with Crippen LogP contribution in [-0.2, 0) is 16.1 Å². The molecule has 2 aliphatic rings. The molecule has 4 rings (SSSR count). The Kier molecular flexibility index (Phi) is 4.44. The monoisotopic (exact) mass is 353 g/mol. The van der Waals surface area contributed by atoms with Gasteiger partial charge in [0, 0.05) is 25.1 Å². The molecule has 3 heterocycles. The number of benzene rings is 1. The average molecular weight is 353 g/mol. The summed E-state index contributed by atoms with van der Waals surface area (Å²) in [4.78, 5) is 32.9. The number of likely N-dealkylation sites (tertiary alicyclic amines) is 1. The number of aromatic nitrogens is 3. The number of amides is 2. The van der Waals surface area contributed by atoms with Gasteiger partial charge in [0.2, 0.25) is 11.8 Å². The van der Waals surface area contributed by atoms with Crippen LogP contribution in [0, 0.1) is 0 Å². The van der Waals surface area contributed by atoms with Crippen molar-refractivity contribution in [2.24, 2.45) is 0 Å². The Hall–Kier alpha value is -2.70. The molecule has 7 nitrogen and oxygen atoms in total. The van der Waals surface area contributed by atoms with E-state index in [4.69, 9.17) is 0 Å². The van der Waals surface area contributed by atoms with Gasteiger partial charge in [0.15, 0.2) is 5.82 Å². The summed E-state index contributed by atoms with van der Waals surface area (Å²) in [5.41, 5.74) is 0.971. The summed E-state index contributed by atoms with van der Waals surface area (Å²) in [6, 6.07) is 9.70. The number of rotatable bonds is 3. The van der Waals surface area contributed by atoms with Gasteiger partial charge in [0.25, 0.3) is 0 Å². The lowest BCUT2D eigenvalue weighted by atomic mass is 10.1. The van der Waals surface area contributed by atoms with Gasteiger partial charge in [0.1, 0.15) is 5.82 Å². The van der Waals surface area contributed by atoms with Crippen molar-refractivity contribution in [2.45, 2.75) is 38.8 Å². The third kappa shape index (κ3) is 3.09. The van der Waals surface area contributed by atoms with E-state index >= 15 is 0 Å². The zero-order valence-corrected chi connectivity index (χ0v) is 15.0. The number of fused-ring (bicyclic) bond motifs is 1. The molecule has 1 aromatic carbocycles. The Labute approximate surface area is 152 Å². The molecule has 0 radical (unpaired) electrons. The van der Waals surface area contributed by atoms with Gasteiger partial charge in [-0.3, -0.25) is 9.59 Å². The molecule has 1 atom stereocenters. The zero-order valence-electron chi connectivity index (χ0n) is 15.0. The summed E-state index contributed by atoms with van der Waals surface area (Å²) in [6.45, 7) is 4.04. The Morgan fingerprint density at radius 1 is 1.15 bits per heavy atom. The molecule has 0 aliphatic carbocycles. The quantitative estimate of drug-likeness (QED) is 0.844. The first-order chi connectivity index (χ1) is 12.6. The van der Waals surface area contributed by atoms with Crippen molar-refractivity contribution in [3.8, 4) is 11.4 Å². The van der Waals surface area contributed by atoms with Crippen LogP contribution in [0.15, 0.2) is 30.3 Å². The number of piperidine rings is 1. The van der Waals surface area contributed by atoms with Crippen LogP contribution >= 0.6 is 0 Å². The average Bonchev–Trinajstić information content (AvgIpc) is 3.10. The molecule has 0 unspecified atom stereocenters. The standard InChI is InChI=1S/C19H23N5O2/c1-14-19-20-18(15-7-3-2-4-8-15)21-24(19)12-11-23(14)17(26)13-22-10-6-5-9-16(22)25/h2-4,7-8,14H,5-6,9-13H2,1H3/t14-/m0/s1. The second-order valence-electron chi connectivity index (χ2n) is 6.92. The molecule has 2 aromatic rings. The minimum Gasteiger partial charge on any atom is -0.333 e. The predicted molar refractivity (Wildman–Crippen MR) is 96.0 cm³/mol. The molecule has 26 heavy (non-hydrogen) atoms. The van der Waals surface area contributed by atoms with E-state index in [2.05, 4.69) is 10.1 Å². The highest BCUT2D eigenvalue weighted by molar-refractivity contribution is 5.85. The number of hydrogen-bond acceptors (Lipinski definition) is 4. The van der Waals surface area contributed by atoms with Crippen LogP contribution in [0.2, 0.25) is 0 Å². The first-order valence-electron chi connectivity index (χ1n) is 9.21. The fourth-order valence-electron chi connectivity index (χ4n) is 3.70. The third-order valence-electron chi connectivity index (χ3n) is 5.19. The van der Waals surface area contributed by atoms with E-state index in [9.17, 15) is 9.59 Å². The summed E-state index contributed by atoms with van der Waals surface area (Å²) < 4.78 is 1.89. The van der Waals surface area contributed by atoms with Gasteiger partial charge in [-0.2, -0.15) is 5.10 Å². The summed E-state index contributed by atoms with van der Waals surface area (Å²) in [6.07, 6.45) is 2.45. The highest BCUT2D eigenvalue weighted by Crippen LogP contribution is 2.26. The molecule has 2 amide bonds. The maximum atomic E-state index is 12.8. The van der Waals surface area contributed by atoms with E-state index < -0.39 is 0 Å². The number of nitrogens with zero attached hydrogens (tertiary/aromatic N) is 5. The molecular weight excluding hydrogens is 330 g/mol. The van der Waals surface area contributed by atoms with Crippen molar-refractivity contribution < 1.29 is 9.59 Å². The molecule has 136 valence electrons. The molecule has 0 bridgehead atoms. The smallest absolute Gasteiger partial charge is 0.242 e. The number of carbonyl (C=O) groups excluding carboxylic acids is 2. The van der Waals surface area contributed by atoms with Crippen molar-refractivity contribution in [3.05, 3.63) is 36.2 Å². The van der Waals surface area contributed by atoms with E-state index in [0.29, 0.717) is 31.9 Å². The van der Waals surface area contributed by atoms with Crippen LogP contribution < -0.4 is 0 Å². The van der Waals surface area contributed by atoms with Crippen LogP contribution in [0.4, 0.5) is 0 Å². The van der Waals surface area contributed by atoms with Crippen LogP contribution in [0.3, 0.4) is 0 Å². The van der Waals surface area contributed by atoms with Gasteiger partial charge >= 0.3 is 0 Å². The van der Waals surface area contributed by atoms with Gasteiger partial charge in [0.05, 0.1) is 19.1 Å². The molecule has 0 saturated carbocycles. The molecule has 0 spiro atoms. The molecule has 7 heteroatoms. The second-order valence-corrected chi connectivity index (χ2v) is 6.92. The maximum absolute atomic E-state index is 12.8. The van der Waals surface area contributed by atoms with Gasteiger partial charge in [-0.1, -0.05) is 30.3 Å². The Morgan fingerprint density at radius 3 is 2.73 bits per heavy atom. The fraction of sp³-hybridized carbons (Fsp3) is 0.474. The largest absolute Gasteiger partial charge is 0.333 e. The molecule has 0 N–H and O–H groups in total. The highest BCUT2D eigenvalue weighted by Gasteiger charge is 2.32. The number of hydrogen-bond donors (Lipinski definition) is 0. The lowest BCUT2D eigenvalue weighted by molar-refractivity contribution is -0.143. The SMILES string of the molecule is C[C@H]1c2nc(-c3ccccc3)nn2CCN1C(=O)CN1CCCCC1=O. The normalized spacial score (nSPS) is 20.2. The minimum atomic E-state index is -0.152. The molecule has 2 aliphatic heterocycles. The Balaban J connectivity index is 1.50. The van der Waals surface area contributed by atoms with E-state index in [1.54, 1.807) is 4.90 Å². The van der Waals surface area contributed by atoms with Crippen LogP contribution in [0.25, 0.3) is 11.4 Å². The van der Waals surface area contributed by atoms with Crippen molar-refractivity contribution in [1.82, 2.24) is 24.6 Å². The fourth-order valence-corrected chi connectivity index (χ4v) is 3.70. The third-order valence-corrected chi connectivity index (χ3v) is 5.19. The van der Waals surface area contributed by atoms with Crippen molar-refractivity contribution >= 4 is 11.8 Å². The molecule has 1 fully saturated rings. The van der Waals surface area contributed by atoms with Crippen molar-refractivity contribution in [1.29, 1.82) is 0 Å². The molecule has 1 saturated heterocycles. The Bertz CT molecular complexity index is 817. The van der Waals surface area contributed by atoms with Gasteiger partial charge in [-0.25, -0.2) is 9.67 Å². The van der Waals surface area contributed by atoms with Crippen molar-refractivity contribution in [3.63, 3.8) is 0 Å². The lowest BCUT2D eigenvalue weighted by Crippen LogP contribution is -2.48. The van der Waals surface area contributed by atoms with Crippen LogP contribution in [-0.4, -0.2) is 56.0 Å². The number of carbonyl (C=O) groups is 2. The zero-order chi connectivity index (χ0) is 18.1. The van der Waals surface area contributed by atoms with Crippen molar-refractivity contribution in [2.75, 3.05) is 19.6 Å². The molecule has 1 aromatic heterocycles. The van der Waals surface area contributed by atoms with Gasteiger partial charge in [-0.05, 0) is 19.8 Å². The maximum Gasteiger partial charge on any atom is 0.242 e. The van der Waals surface area contributed by atoms with Gasteiger partial charge < -0.3 is 9.80 Å². The second kappa shape index (κ2) is 6.90. The Morgan fingerprint density at radius 2 is 1.96 bits per heavy atom. The minimum absolute atomic E-state index is 0.0109. The summed E-state index contributed by atoms with van der Waals surface area (Å²) in [7, 11) is 0. The molecular formula is C19H23N5O2. The van der Waals surface area contributed by atoms with E-state index in [1.165, 1.54) is 0 Å². The van der Waals surface area contributed by atoms with Crippen LogP contribution in [0.1, 0.15) is 38.1 Å². The first kappa shape index (κ1) is 16.8. The van der Waals surface area contributed by atoms with Gasteiger partial charge in [-0.15, -0.1) is 0 Å². The summed E-state index contributed by atoms with van der Waals surface area (Å²) in [5, 5.41) is 4.60. The summed E-state index contributed by atoms with van der Waals surface area (Å²) >= 11 is 0. The topological polar surface area (TPSA) is 71.3 Å². The van der Waals surface area contributed by atoms with E-state index in [-0.39, 0.29) is 24.4 Å². The van der Waals surface area contributed by atoms with E-state index in [1.807, 2.05) is 46.8 Å². The lowest BCUT2D eigenvalue weighted by Gasteiger charge is -2.35. The van der Waals surface area contributed by atoms with Crippen LogP contribution in [0.5, 0.6) is 0 Å². The highest BCUT2D eigenvalue weighted by atomic mass is 16.2. The van der Waals surface area contributed by atoms with E-state index in [0.717, 1.165) is 24.2 Å². The predicted octanol–water partition coefficient (Wildman–Crippen LogP) is 1.86. The first-order valence-corrected chi connectivity index (χ1v) is 9.21. The summed E-state index contributed by atoms with van der Waals surface area (Å²) in [5.74, 6) is 1.56.